The Labute approximate surface area is 150 Å². The van der Waals surface area contributed by atoms with Crippen LogP contribution in [0, 0.1) is 27.7 Å². The summed E-state index contributed by atoms with van der Waals surface area (Å²) < 4.78 is 5.64. The molecule has 2 aromatic heterocycles. The van der Waals surface area contributed by atoms with Gasteiger partial charge in [-0.3, -0.25) is 4.90 Å². The Morgan fingerprint density at radius 3 is 2.38 bits per heavy atom. The molecule has 24 heavy (non-hydrogen) atoms. The van der Waals surface area contributed by atoms with Crippen LogP contribution < -0.4 is 0 Å². The van der Waals surface area contributed by atoms with Crippen LogP contribution in [0.25, 0.3) is 0 Å². The lowest BCUT2D eigenvalue weighted by atomic mass is 9.91. The molecule has 2 atom stereocenters. The maximum atomic E-state index is 12.5. The minimum atomic E-state index is -1.53. The molecule has 128 valence electrons. The summed E-state index contributed by atoms with van der Waals surface area (Å²) in [6.07, 6.45) is 0.339. The highest BCUT2D eigenvalue weighted by atomic mass is 32.1. The van der Waals surface area contributed by atoms with Crippen molar-refractivity contribution in [2.24, 2.45) is 0 Å². The van der Waals surface area contributed by atoms with Crippen LogP contribution in [0.15, 0.2) is 24.8 Å². The SMILES string of the molecule is C=CCN1C(=O)OC(c2cc(C)sc2C)C1(O)c1cc(C)sc1C. The molecule has 1 amide bonds. The van der Waals surface area contributed by atoms with Crippen molar-refractivity contribution in [2.45, 2.75) is 39.5 Å². The van der Waals surface area contributed by atoms with Gasteiger partial charge in [0.15, 0.2) is 6.10 Å². The maximum absolute atomic E-state index is 12.5. The average Bonchev–Trinajstić information content (AvgIpc) is 3.09. The standard InChI is InChI=1S/C18H21NO3S2/c1-6-7-19-17(20)22-16(14-8-10(2)23-12(14)4)18(19,21)15-9-11(3)24-13(15)5/h6,8-9,16,21H,1,7H2,2-5H3. The van der Waals surface area contributed by atoms with Gasteiger partial charge in [0.1, 0.15) is 0 Å². The molecular weight excluding hydrogens is 342 g/mol. The zero-order chi connectivity index (χ0) is 17.6. The fraction of sp³-hybridized carbons (Fsp3) is 0.389. The van der Waals surface area contributed by atoms with Crippen LogP contribution in [0.5, 0.6) is 0 Å². The predicted octanol–water partition coefficient (Wildman–Crippen LogP) is 4.57. The molecular formula is C18H21NO3S2. The first-order valence-electron chi connectivity index (χ1n) is 7.75. The van der Waals surface area contributed by atoms with Crippen LogP contribution in [0.4, 0.5) is 4.79 Å². The molecule has 4 nitrogen and oxygen atoms in total. The number of aryl methyl sites for hydroxylation is 4. The minimum Gasteiger partial charge on any atom is -0.435 e. The third-order valence-electron chi connectivity index (χ3n) is 4.33. The molecule has 1 N–H and O–H groups in total. The lowest BCUT2D eigenvalue weighted by Gasteiger charge is -2.34. The predicted molar refractivity (Wildman–Crippen MR) is 97.6 cm³/mol. The Hall–Kier alpha value is -1.63. The number of aliphatic hydroxyl groups is 1. The van der Waals surface area contributed by atoms with E-state index in [4.69, 9.17) is 4.74 Å². The molecule has 1 fully saturated rings. The van der Waals surface area contributed by atoms with Crippen LogP contribution in [0.2, 0.25) is 0 Å². The number of carbonyl (C=O) groups excluding carboxylic acids is 1. The number of cyclic esters (lactones) is 1. The van der Waals surface area contributed by atoms with Crippen molar-refractivity contribution >= 4 is 28.8 Å². The second kappa shape index (κ2) is 6.02. The molecule has 2 unspecified atom stereocenters. The van der Waals surface area contributed by atoms with Gasteiger partial charge >= 0.3 is 6.09 Å². The van der Waals surface area contributed by atoms with Crippen LogP contribution in [0.3, 0.4) is 0 Å². The molecule has 0 saturated carbocycles. The largest absolute Gasteiger partial charge is 0.435 e. The number of hydrogen-bond donors (Lipinski definition) is 1. The van der Waals surface area contributed by atoms with Gasteiger partial charge in [-0.05, 0) is 39.8 Å². The van der Waals surface area contributed by atoms with Crippen molar-refractivity contribution in [2.75, 3.05) is 6.54 Å². The van der Waals surface area contributed by atoms with Gasteiger partial charge in [0.2, 0.25) is 5.72 Å². The molecule has 3 rings (SSSR count). The van der Waals surface area contributed by atoms with E-state index in [2.05, 4.69) is 6.58 Å². The monoisotopic (exact) mass is 363 g/mol. The van der Waals surface area contributed by atoms with Gasteiger partial charge in [-0.1, -0.05) is 6.08 Å². The number of thiophene rings is 2. The summed E-state index contributed by atoms with van der Waals surface area (Å²) in [7, 11) is 0. The molecule has 1 aliphatic heterocycles. The summed E-state index contributed by atoms with van der Waals surface area (Å²) in [5.41, 5.74) is 0.0624. The molecule has 0 aliphatic carbocycles. The van der Waals surface area contributed by atoms with E-state index < -0.39 is 17.9 Å². The summed E-state index contributed by atoms with van der Waals surface area (Å²) in [6.45, 7) is 11.9. The highest BCUT2D eigenvalue weighted by molar-refractivity contribution is 7.12. The lowest BCUT2D eigenvalue weighted by molar-refractivity contribution is -0.106. The molecule has 2 aromatic rings. The summed E-state index contributed by atoms with van der Waals surface area (Å²) in [5.74, 6) is 0. The van der Waals surface area contributed by atoms with Crippen molar-refractivity contribution in [3.8, 4) is 0 Å². The Morgan fingerprint density at radius 2 is 1.88 bits per heavy atom. The number of amides is 1. The van der Waals surface area contributed by atoms with Crippen LogP contribution in [-0.4, -0.2) is 22.6 Å². The number of carbonyl (C=O) groups is 1. The zero-order valence-electron chi connectivity index (χ0n) is 14.3. The topological polar surface area (TPSA) is 49.8 Å². The first-order valence-corrected chi connectivity index (χ1v) is 9.38. The second-order valence-electron chi connectivity index (χ2n) is 6.08. The normalized spacial score (nSPS) is 23.6. The number of hydrogen-bond acceptors (Lipinski definition) is 5. The molecule has 6 heteroatoms. The van der Waals surface area contributed by atoms with Crippen LogP contribution in [0.1, 0.15) is 36.7 Å². The molecule has 0 spiro atoms. The van der Waals surface area contributed by atoms with Gasteiger partial charge in [0.25, 0.3) is 0 Å². The van der Waals surface area contributed by atoms with Gasteiger partial charge in [0, 0.05) is 37.2 Å². The van der Waals surface area contributed by atoms with Crippen molar-refractivity contribution in [3.05, 3.63) is 55.4 Å². The summed E-state index contributed by atoms with van der Waals surface area (Å²) in [5, 5.41) is 11.7. The molecule has 1 aliphatic rings. The summed E-state index contributed by atoms with van der Waals surface area (Å²) >= 11 is 3.24. The Morgan fingerprint density at radius 1 is 1.25 bits per heavy atom. The van der Waals surface area contributed by atoms with E-state index in [1.165, 1.54) is 4.90 Å². The Bertz CT molecular complexity index is 807. The van der Waals surface area contributed by atoms with E-state index in [9.17, 15) is 9.90 Å². The third kappa shape index (κ3) is 2.49. The van der Waals surface area contributed by atoms with Gasteiger partial charge in [-0.15, -0.1) is 29.3 Å². The fourth-order valence-electron chi connectivity index (χ4n) is 3.34. The smallest absolute Gasteiger partial charge is 0.413 e. The van der Waals surface area contributed by atoms with E-state index in [0.29, 0.717) is 0 Å². The molecule has 0 aromatic carbocycles. The van der Waals surface area contributed by atoms with Crippen LogP contribution in [-0.2, 0) is 10.5 Å². The van der Waals surface area contributed by atoms with E-state index in [1.807, 2.05) is 39.8 Å². The number of rotatable bonds is 4. The lowest BCUT2D eigenvalue weighted by Crippen LogP contribution is -2.46. The highest BCUT2D eigenvalue weighted by Gasteiger charge is 2.57. The fourth-order valence-corrected chi connectivity index (χ4v) is 5.28. The second-order valence-corrected chi connectivity index (χ2v) is 9.01. The average molecular weight is 364 g/mol. The molecule has 0 bridgehead atoms. The molecule has 0 radical (unpaired) electrons. The van der Waals surface area contributed by atoms with Gasteiger partial charge in [0.05, 0.1) is 0 Å². The number of nitrogens with zero attached hydrogens (tertiary/aromatic N) is 1. The quantitative estimate of drug-likeness (QED) is 0.810. The van der Waals surface area contributed by atoms with E-state index in [1.54, 1.807) is 28.7 Å². The molecule has 3 heterocycles. The van der Waals surface area contributed by atoms with Crippen molar-refractivity contribution < 1.29 is 14.6 Å². The van der Waals surface area contributed by atoms with Crippen LogP contribution >= 0.6 is 22.7 Å². The van der Waals surface area contributed by atoms with E-state index >= 15 is 0 Å². The van der Waals surface area contributed by atoms with Crippen molar-refractivity contribution in [1.82, 2.24) is 4.90 Å². The van der Waals surface area contributed by atoms with Gasteiger partial charge < -0.3 is 9.84 Å². The van der Waals surface area contributed by atoms with E-state index in [-0.39, 0.29) is 6.54 Å². The van der Waals surface area contributed by atoms with Gasteiger partial charge in [-0.2, -0.15) is 0 Å². The van der Waals surface area contributed by atoms with Gasteiger partial charge in [-0.25, -0.2) is 4.79 Å². The maximum Gasteiger partial charge on any atom is 0.413 e. The van der Waals surface area contributed by atoms with E-state index in [0.717, 1.165) is 30.6 Å². The summed E-state index contributed by atoms with van der Waals surface area (Å²) in [6, 6.07) is 3.94. The Balaban J connectivity index is 2.20. The zero-order valence-corrected chi connectivity index (χ0v) is 15.9. The first kappa shape index (κ1) is 17.2. The van der Waals surface area contributed by atoms with Crippen molar-refractivity contribution in [3.63, 3.8) is 0 Å². The van der Waals surface area contributed by atoms with Crippen molar-refractivity contribution in [1.29, 1.82) is 0 Å². The third-order valence-corrected chi connectivity index (χ3v) is 6.27. The Kier molecular flexibility index (Phi) is 4.32. The number of ether oxygens (including phenoxy) is 1. The first-order chi connectivity index (χ1) is 11.3. The molecule has 1 saturated heterocycles. The minimum absolute atomic E-state index is 0.225. The summed E-state index contributed by atoms with van der Waals surface area (Å²) in [4.78, 5) is 18.1. The highest BCUT2D eigenvalue weighted by Crippen LogP contribution is 2.50.